The molecule has 2 amide bonds. The molecular formula is C20H21N5O3S2. The Morgan fingerprint density at radius 2 is 2.13 bits per heavy atom. The molecule has 1 unspecified atom stereocenters. The normalized spacial score (nSPS) is 15.7. The molecule has 30 heavy (non-hydrogen) atoms. The Bertz CT molecular complexity index is 1100. The average Bonchev–Trinajstić information content (AvgIpc) is 3.42. The summed E-state index contributed by atoms with van der Waals surface area (Å²) in [5.74, 6) is -0.975. The van der Waals surface area contributed by atoms with Gasteiger partial charge in [0.05, 0.1) is 34.3 Å². The molecule has 0 spiro atoms. The Hall–Kier alpha value is -2.85. The van der Waals surface area contributed by atoms with Gasteiger partial charge in [0.25, 0.3) is 5.91 Å². The van der Waals surface area contributed by atoms with Crippen molar-refractivity contribution in [3.63, 3.8) is 0 Å². The third-order valence-corrected chi connectivity index (χ3v) is 6.66. The molecule has 0 radical (unpaired) electrons. The van der Waals surface area contributed by atoms with Crippen LogP contribution in [0.25, 0.3) is 0 Å². The SMILES string of the molecule is Cc1cc(C)n(CCNC(=O)C2CC(=O)c3sc(NC(=O)c4ccsc4)nc3C2)n1. The van der Waals surface area contributed by atoms with E-state index in [0.717, 1.165) is 11.4 Å². The molecular weight excluding hydrogens is 422 g/mol. The third kappa shape index (κ3) is 4.34. The maximum atomic E-state index is 12.6. The summed E-state index contributed by atoms with van der Waals surface area (Å²) in [4.78, 5) is 42.3. The second kappa shape index (κ2) is 8.49. The van der Waals surface area contributed by atoms with Crippen LogP contribution in [0.3, 0.4) is 0 Å². The van der Waals surface area contributed by atoms with E-state index in [1.165, 1.54) is 22.7 Å². The summed E-state index contributed by atoms with van der Waals surface area (Å²) < 4.78 is 1.85. The summed E-state index contributed by atoms with van der Waals surface area (Å²) in [6.45, 7) is 4.92. The monoisotopic (exact) mass is 443 g/mol. The van der Waals surface area contributed by atoms with Gasteiger partial charge in [-0.1, -0.05) is 11.3 Å². The fourth-order valence-electron chi connectivity index (χ4n) is 3.46. The summed E-state index contributed by atoms with van der Waals surface area (Å²) in [6, 6.07) is 3.71. The largest absolute Gasteiger partial charge is 0.354 e. The van der Waals surface area contributed by atoms with Gasteiger partial charge in [0.1, 0.15) is 0 Å². The van der Waals surface area contributed by atoms with Crippen LogP contribution in [0.15, 0.2) is 22.9 Å². The van der Waals surface area contributed by atoms with Crippen LogP contribution in [0.5, 0.6) is 0 Å². The van der Waals surface area contributed by atoms with Crippen LogP contribution in [-0.2, 0) is 17.8 Å². The molecule has 1 aliphatic rings. The summed E-state index contributed by atoms with van der Waals surface area (Å²) in [6.07, 6.45) is 0.538. The van der Waals surface area contributed by atoms with Crippen molar-refractivity contribution in [1.82, 2.24) is 20.1 Å². The Labute approximate surface area is 181 Å². The van der Waals surface area contributed by atoms with Crippen LogP contribution in [0.2, 0.25) is 0 Å². The van der Waals surface area contributed by atoms with Gasteiger partial charge in [-0.25, -0.2) is 4.98 Å². The molecule has 1 atom stereocenters. The molecule has 0 aromatic carbocycles. The van der Waals surface area contributed by atoms with Crippen molar-refractivity contribution in [3.05, 3.63) is 50.4 Å². The molecule has 0 aliphatic heterocycles. The molecule has 3 heterocycles. The zero-order valence-electron chi connectivity index (χ0n) is 16.6. The van der Waals surface area contributed by atoms with Gasteiger partial charge in [-0.2, -0.15) is 16.4 Å². The maximum Gasteiger partial charge on any atom is 0.258 e. The van der Waals surface area contributed by atoms with E-state index in [-0.39, 0.29) is 24.0 Å². The number of aromatic nitrogens is 3. The Kier molecular flexibility index (Phi) is 5.78. The number of amides is 2. The van der Waals surface area contributed by atoms with E-state index in [9.17, 15) is 14.4 Å². The van der Waals surface area contributed by atoms with Gasteiger partial charge < -0.3 is 5.32 Å². The molecule has 8 nitrogen and oxygen atoms in total. The Morgan fingerprint density at radius 3 is 2.83 bits per heavy atom. The lowest BCUT2D eigenvalue weighted by Gasteiger charge is -2.19. The first-order chi connectivity index (χ1) is 14.4. The predicted molar refractivity (Wildman–Crippen MR) is 115 cm³/mol. The smallest absolute Gasteiger partial charge is 0.258 e. The number of carbonyl (C=O) groups excluding carboxylic acids is 3. The molecule has 1 aliphatic carbocycles. The second-order valence-electron chi connectivity index (χ2n) is 7.23. The van der Waals surface area contributed by atoms with Crippen LogP contribution in [0.4, 0.5) is 5.13 Å². The molecule has 0 fully saturated rings. The number of anilines is 1. The molecule has 2 N–H and O–H groups in total. The van der Waals surface area contributed by atoms with E-state index in [4.69, 9.17) is 0 Å². The van der Waals surface area contributed by atoms with Crippen molar-refractivity contribution >= 4 is 45.4 Å². The maximum absolute atomic E-state index is 12.6. The molecule has 3 aromatic rings. The first kappa shape index (κ1) is 20.4. The fourth-order valence-corrected chi connectivity index (χ4v) is 5.04. The van der Waals surface area contributed by atoms with Crippen LogP contribution in [0, 0.1) is 19.8 Å². The quantitative estimate of drug-likeness (QED) is 0.609. The van der Waals surface area contributed by atoms with Gasteiger partial charge in [0.15, 0.2) is 10.9 Å². The molecule has 10 heteroatoms. The lowest BCUT2D eigenvalue weighted by molar-refractivity contribution is -0.125. The van der Waals surface area contributed by atoms with Crippen molar-refractivity contribution in [2.24, 2.45) is 5.92 Å². The van der Waals surface area contributed by atoms with Crippen molar-refractivity contribution in [1.29, 1.82) is 0 Å². The van der Waals surface area contributed by atoms with Crippen LogP contribution < -0.4 is 10.6 Å². The number of thiazole rings is 1. The van der Waals surface area contributed by atoms with Gasteiger partial charge in [-0.3, -0.25) is 24.4 Å². The van der Waals surface area contributed by atoms with Gasteiger partial charge in [0, 0.05) is 30.5 Å². The molecule has 0 bridgehead atoms. The number of thiophene rings is 1. The van der Waals surface area contributed by atoms with E-state index >= 15 is 0 Å². The number of hydrogen-bond acceptors (Lipinski definition) is 7. The summed E-state index contributed by atoms with van der Waals surface area (Å²) in [5, 5.41) is 14.0. The van der Waals surface area contributed by atoms with Crippen molar-refractivity contribution in [2.75, 3.05) is 11.9 Å². The van der Waals surface area contributed by atoms with Gasteiger partial charge in [0.2, 0.25) is 5.91 Å². The molecule has 4 rings (SSSR count). The number of Topliss-reactive ketones (excluding diaryl/α,β-unsaturated/α-hetero) is 1. The van der Waals surface area contributed by atoms with E-state index < -0.39 is 5.92 Å². The molecule has 0 saturated heterocycles. The van der Waals surface area contributed by atoms with E-state index in [1.54, 1.807) is 11.4 Å². The highest BCUT2D eigenvalue weighted by molar-refractivity contribution is 7.17. The van der Waals surface area contributed by atoms with Gasteiger partial charge >= 0.3 is 0 Å². The number of aryl methyl sites for hydroxylation is 2. The zero-order chi connectivity index (χ0) is 21.3. The van der Waals surface area contributed by atoms with Crippen LogP contribution in [-0.4, -0.2) is 38.9 Å². The zero-order valence-corrected chi connectivity index (χ0v) is 18.2. The number of rotatable bonds is 6. The number of nitrogens with zero attached hydrogens (tertiary/aromatic N) is 3. The van der Waals surface area contributed by atoms with Crippen LogP contribution >= 0.6 is 22.7 Å². The minimum Gasteiger partial charge on any atom is -0.354 e. The minimum absolute atomic E-state index is 0.108. The van der Waals surface area contributed by atoms with Gasteiger partial charge in [-0.15, -0.1) is 0 Å². The van der Waals surface area contributed by atoms with Crippen LogP contribution in [0.1, 0.15) is 43.5 Å². The predicted octanol–water partition coefficient (Wildman–Crippen LogP) is 2.83. The van der Waals surface area contributed by atoms with Crippen molar-refractivity contribution < 1.29 is 14.4 Å². The number of carbonyl (C=O) groups is 3. The number of ketones is 1. The fraction of sp³-hybridized carbons (Fsp3) is 0.350. The van der Waals surface area contributed by atoms with E-state index in [0.29, 0.717) is 40.8 Å². The number of nitrogens with one attached hydrogen (secondary N) is 2. The highest BCUT2D eigenvalue weighted by atomic mass is 32.1. The lowest BCUT2D eigenvalue weighted by atomic mass is 9.89. The topological polar surface area (TPSA) is 106 Å². The van der Waals surface area contributed by atoms with Gasteiger partial charge in [-0.05, 0) is 31.4 Å². The summed E-state index contributed by atoms with van der Waals surface area (Å²) in [7, 11) is 0. The van der Waals surface area contributed by atoms with Crippen molar-refractivity contribution in [2.45, 2.75) is 33.2 Å². The Morgan fingerprint density at radius 1 is 1.30 bits per heavy atom. The highest BCUT2D eigenvalue weighted by Crippen LogP contribution is 2.32. The molecule has 3 aromatic heterocycles. The Balaban J connectivity index is 1.36. The molecule has 156 valence electrons. The highest BCUT2D eigenvalue weighted by Gasteiger charge is 2.33. The third-order valence-electron chi connectivity index (χ3n) is 4.92. The summed E-state index contributed by atoms with van der Waals surface area (Å²) >= 11 is 2.60. The number of hydrogen-bond donors (Lipinski definition) is 2. The first-order valence-corrected chi connectivity index (χ1v) is 11.3. The second-order valence-corrected chi connectivity index (χ2v) is 9.01. The molecule has 0 saturated carbocycles. The summed E-state index contributed by atoms with van der Waals surface area (Å²) in [5.41, 5.74) is 3.11. The van der Waals surface area contributed by atoms with Crippen molar-refractivity contribution in [3.8, 4) is 0 Å². The van der Waals surface area contributed by atoms with E-state index in [1.807, 2.05) is 30.0 Å². The first-order valence-electron chi connectivity index (χ1n) is 9.56. The number of fused-ring (bicyclic) bond motifs is 1. The lowest BCUT2D eigenvalue weighted by Crippen LogP contribution is -2.37. The standard InChI is InChI=1S/C20H21N5O3S2/c1-11-7-12(2)25(24-11)5-4-21-18(27)14-8-15-17(16(26)9-14)30-20(22-15)23-19(28)13-3-6-29-10-13/h3,6-7,10,14H,4-5,8-9H2,1-2H3,(H,21,27)(H,22,23,28). The van der Waals surface area contributed by atoms with E-state index in [2.05, 4.69) is 20.7 Å². The average molecular weight is 444 g/mol. The minimum atomic E-state index is -0.451.